The number of amides is 1. The number of aliphatic hydroxyl groups is 1. The number of nitrogens with one attached hydrogen (secondary N) is 1. The molecule has 1 saturated heterocycles. The number of fused-ring (bicyclic) bond motifs is 1. The third kappa shape index (κ3) is 1.74. The van der Waals surface area contributed by atoms with E-state index < -0.39 is 0 Å². The van der Waals surface area contributed by atoms with E-state index >= 15 is 0 Å². The van der Waals surface area contributed by atoms with Crippen LogP contribution in [0.15, 0.2) is 0 Å². The van der Waals surface area contributed by atoms with E-state index in [2.05, 4.69) is 10.2 Å². The van der Waals surface area contributed by atoms with Gasteiger partial charge in [-0.1, -0.05) is 0 Å². The van der Waals surface area contributed by atoms with Crippen molar-refractivity contribution in [3.05, 3.63) is 0 Å². The molecule has 1 aliphatic heterocycles. The Morgan fingerprint density at radius 1 is 1.19 bits per heavy atom. The first-order valence-corrected chi connectivity index (χ1v) is 6.42. The zero-order valence-electron chi connectivity index (χ0n) is 9.56. The van der Waals surface area contributed by atoms with Gasteiger partial charge >= 0.3 is 0 Å². The maximum atomic E-state index is 11.8. The fourth-order valence-electron chi connectivity index (χ4n) is 3.81. The number of carbonyl (C=O) groups is 1. The summed E-state index contributed by atoms with van der Waals surface area (Å²) in [6, 6.07) is 0.456. The van der Waals surface area contributed by atoms with Crippen molar-refractivity contribution in [1.82, 2.24) is 10.2 Å². The fraction of sp³-hybridized carbons (Fsp3) is 0.917. The molecule has 0 aromatic rings. The lowest BCUT2D eigenvalue weighted by Crippen LogP contribution is -2.51. The van der Waals surface area contributed by atoms with Crippen LogP contribution in [0, 0.1) is 11.8 Å². The Morgan fingerprint density at radius 3 is 2.50 bits per heavy atom. The highest BCUT2D eigenvalue weighted by molar-refractivity contribution is 5.79. The molecule has 2 aliphatic carbocycles. The number of piperazine rings is 1. The number of aliphatic hydroxyl groups excluding tert-OH is 1. The number of hydrogen-bond donors (Lipinski definition) is 2. The van der Waals surface area contributed by atoms with Crippen molar-refractivity contribution in [2.45, 2.75) is 37.8 Å². The van der Waals surface area contributed by atoms with Crippen molar-refractivity contribution >= 4 is 5.91 Å². The van der Waals surface area contributed by atoms with Crippen LogP contribution in [0.1, 0.15) is 25.7 Å². The first-order valence-electron chi connectivity index (χ1n) is 6.42. The van der Waals surface area contributed by atoms with Gasteiger partial charge in [0, 0.05) is 19.1 Å². The zero-order chi connectivity index (χ0) is 11.1. The van der Waals surface area contributed by atoms with Gasteiger partial charge < -0.3 is 15.3 Å². The summed E-state index contributed by atoms with van der Waals surface area (Å²) in [4.78, 5) is 13.8. The van der Waals surface area contributed by atoms with Gasteiger partial charge in [-0.2, -0.15) is 0 Å². The van der Waals surface area contributed by atoms with Gasteiger partial charge in [0.25, 0.3) is 0 Å². The van der Waals surface area contributed by atoms with Crippen LogP contribution in [0.25, 0.3) is 0 Å². The minimum Gasteiger partial charge on any atom is -0.393 e. The summed E-state index contributed by atoms with van der Waals surface area (Å²) in [5, 5.41) is 12.7. The molecule has 1 heterocycles. The normalized spacial score (nSPS) is 43.8. The SMILES string of the molecule is O=C1CNCCN1C1C[C@H]2CC(O)C[C@H]2C1. The van der Waals surface area contributed by atoms with Crippen LogP contribution in [-0.4, -0.2) is 47.7 Å². The lowest BCUT2D eigenvalue weighted by molar-refractivity contribution is -0.134. The summed E-state index contributed by atoms with van der Waals surface area (Å²) >= 11 is 0. The zero-order valence-corrected chi connectivity index (χ0v) is 9.56. The van der Waals surface area contributed by atoms with E-state index in [-0.39, 0.29) is 12.0 Å². The maximum absolute atomic E-state index is 11.8. The van der Waals surface area contributed by atoms with Gasteiger partial charge in [-0.05, 0) is 37.5 Å². The molecular formula is C12H20N2O2. The van der Waals surface area contributed by atoms with Gasteiger partial charge in [-0.25, -0.2) is 0 Å². The largest absolute Gasteiger partial charge is 0.393 e. The highest BCUT2D eigenvalue weighted by Crippen LogP contribution is 2.45. The van der Waals surface area contributed by atoms with Crippen molar-refractivity contribution in [3.63, 3.8) is 0 Å². The molecule has 0 spiro atoms. The van der Waals surface area contributed by atoms with Crippen LogP contribution in [0.5, 0.6) is 0 Å². The fourth-order valence-corrected chi connectivity index (χ4v) is 3.81. The summed E-state index contributed by atoms with van der Waals surface area (Å²) in [5.41, 5.74) is 0. The standard InChI is InChI=1S/C12H20N2O2/c15-11-5-8-3-10(4-9(8)6-11)14-2-1-13-7-12(14)16/h8-11,13,15H,1-7H2/t8-,9+,10?,11?. The number of carbonyl (C=O) groups excluding carboxylic acids is 1. The summed E-state index contributed by atoms with van der Waals surface area (Å²) in [6.07, 6.45) is 4.08. The molecule has 16 heavy (non-hydrogen) atoms. The molecule has 3 aliphatic rings. The molecule has 2 saturated carbocycles. The Balaban J connectivity index is 1.63. The average Bonchev–Trinajstić information content (AvgIpc) is 2.75. The van der Waals surface area contributed by atoms with Crippen molar-refractivity contribution in [2.24, 2.45) is 11.8 Å². The van der Waals surface area contributed by atoms with Gasteiger partial charge in [0.15, 0.2) is 0 Å². The Morgan fingerprint density at radius 2 is 1.88 bits per heavy atom. The first-order chi connectivity index (χ1) is 7.74. The monoisotopic (exact) mass is 224 g/mol. The Hall–Kier alpha value is -0.610. The highest BCUT2D eigenvalue weighted by Gasteiger charge is 2.43. The third-order valence-electron chi connectivity index (χ3n) is 4.53. The van der Waals surface area contributed by atoms with Crippen molar-refractivity contribution in [2.75, 3.05) is 19.6 Å². The predicted molar refractivity (Wildman–Crippen MR) is 59.8 cm³/mol. The van der Waals surface area contributed by atoms with Crippen LogP contribution < -0.4 is 5.32 Å². The van der Waals surface area contributed by atoms with Crippen molar-refractivity contribution in [1.29, 1.82) is 0 Å². The smallest absolute Gasteiger partial charge is 0.236 e. The minimum atomic E-state index is -0.0744. The lowest BCUT2D eigenvalue weighted by Gasteiger charge is -2.33. The summed E-state index contributed by atoms with van der Waals surface area (Å²) in [7, 11) is 0. The molecular weight excluding hydrogens is 204 g/mol. The van der Waals surface area contributed by atoms with Crippen molar-refractivity contribution < 1.29 is 9.90 Å². The molecule has 2 N–H and O–H groups in total. The molecule has 3 fully saturated rings. The van der Waals surface area contributed by atoms with Crippen molar-refractivity contribution in [3.8, 4) is 0 Å². The summed E-state index contributed by atoms with van der Waals surface area (Å²) < 4.78 is 0. The summed E-state index contributed by atoms with van der Waals surface area (Å²) in [5.74, 6) is 1.60. The second-order valence-corrected chi connectivity index (χ2v) is 5.53. The number of hydrogen-bond acceptors (Lipinski definition) is 3. The Bertz CT molecular complexity index is 281. The summed E-state index contributed by atoms with van der Waals surface area (Å²) in [6.45, 7) is 2.31. The second kappa shape index (κ2) is 4.00. The van der Waals surface area contributed by atoms with Crippen LogP contribution in [-0.2, 0) is 4.79 Å². The Kier molecular flexibility index (Phi) is 2.64. The molecule has 0 aromatic carbocycles. The predicted octanol–water partition coefficient (Wildman–Crippen LogP) is -0.0323. The molecule has 4 atom stereocenters. The van der Waals surface area contributed by atoms with E-state index in [9.17, 15) is 9.90 Å². The first kappa shape index (κ1) is 10.5. The second-order valence-electron chi connectivity index (χ2n) is 5.53. The molecule has 0 radical (unpaired) electrons. The number of rotatable bonds is 1. The van der Waals surface area contributed by atoms with E-state index in [0.29, 0.717) is 24.4 Å². The van der Waals surface area contributed by atoms with E-state index in [1.807, 2.05) is 0 Å². The highest BCUT2D eigenvalue weighted by atomic mass is 16.3. The molecule has 0 bridgehead atoms. The topological polar surface area (TPSA) is 52.6 Å². The van der Waals surface area contributed by atoms with Crippen LogP contribution in [0.3, 0.4) is 0 Å². The van der Waals surface area contributed by atoms with Gasteiger partial charge in [0.1, 0.15) is 0 Å². The van der Waals surface area contributed by atoms with E-state index in [4.69, 9.17) is 0 Å². The molecule has 0 aromatic heterocycles. The van der Waals surface area contributed by atoms with Gasteiger partial charge in [-0.15, -0.1) is 0 Å². The van der Waals surface area contributed by atoms with Crippen LogP contribution >= 0.6 is 0 Å². The third-order valence-corrected chi connectivity index (χ3v) is 4.53. The quantitative estimate of drug-likeness (QED) is 0.657. The molecule has 1 amide bonds. The maximum Gasteiger partial charge on any atom is 0.236 e. The Labute approximate surface area is 96.0 Å². The molecule has 3 rings (SSSR count). The van der Waals surface area contributed by atoms with E-state index in [0.717, 1.165) is 38.8 Å². The molecule has 90 valence electrons. The van der Waals surface area contributed by atoms with Crippen LogP contribution in [0.2, 0.25) is 0 Å². The minimum absolute atomic E-state index is 0.0744. The molecule has 2 unspecified atom stereocenters. The molecule has 4 heteroatoms. The lowest BCUT2D eigenvalue weighted by atomic mass is 10.0. The average molecular weight is 224 g/mol. The molecule has 4 nitrogen and oxygen atoms in total. The van der Waals surface area contributed by atoms with E-state index in [1.165, 1.54) is 0 Å². The van der Waals surface area contributed by atoms with E-state index in [1.54, 1.807) is 0 Å². The van der Waals surface area contributed by atoms with Gasteiger partial charge in [0.2, 0.25) is 5.91 Å². The van der Waals surface area contributed by atoms with Gasteiger partial charge in [-0.3, -0.25) is 4.79 Å². The van der Waals surface area contributed by atoms with Crippen LogP contribution in [0.4, 0.5) is 0 Å². The van der Waals surface area contributed by atoms with Gasteiger partial charge in [0.05, 0.1) is 12.6 Å². The number of nitrogens with zero attached hydrogens (tertiary/aromatic N) is 1.